The van der Waals surface area contributed by atoms with Gasteiger partial charge in [-0.2, -0.15) is 0 Å². The van der Waals surface area contributed by atoms with Gasteiger partial charge in [0.25, 0.3) is 0 Å². The Morgan fingerprint density at radius 1 is 0.940 bits per heavy atom. The predicted molar refractivity (Wildman–Crippen MR) is 195 cm³/mol. The van der Waals surface area contributed by atoms with Gasteiger partial charge in [0, 0.05) is 48.8 Å². The summed E-state index contributed by atoms with van der Waals surface area (Å²) in [6, 6.07) is 24.7. The Morgan fingerprint density at radius 2 is 1.62 bits per heavy atom. The van der Waals surface area contributed by atoms with Gasteiger partial charge in [-0.05, 0) is 84.1 Å². The van der Waals surface area contributed by atoms with E-state index in [0.29, 0.717) is 6.54 Å². The minimum Gasteiger partial charge on any atom is -0.392 e. The molecular formula is C41H48N4O4S. The molecule has 262 valence electrons. The summed E-state index contributed by atoms with van der Waals surface area (Å²) in [5.41, 5.74) is 6.15. The molecule has 4 saturated carbocycles. The molecule has 9 rings (SSSR count). The zero-order valence-electron chi connectivity index (χ0n) is 29.0. The highest BCUT2D eigenvalue weighted by Gasteiger charge is 2.51. The van der Waals surface area contributed by atoms with Gasteiger partial charge in [-0.25, -0.2) is 9.78 Å². The second-order valence-electron chi connectivity index (χ2n) is 15.2. The summed E-state index contributed by atoms with van der Waals surface area (Å²) < 4.78 is 15.4. The number of urea groups is 1. The van der Waals surface area contributed by atoms with E-state index in [0.717, 1.165) is 81.3 Å². The lowest BCUT2D eigenvalue weighted by molar-refractivity contribution is -0.268. The molecule has 8 nitrogen and oxygen atoms in total. The molecule has 1 aromatic heterocycles. The maximum atomic E-state index is 13.2. The fraction of sp³-hybridized carbons (Fsp3) is 0.463. The van der Waals surface area contributed by atoms with Crippen LogP contribution in [0.2, 0.25) is 0 Å². The van der Waals surface area contributed by atoms with Crippen molar-refractivity contribution in [1.29, 1.82) is 0 Å². The summed E-state index contributed by atoms with van der Waals surface area (Å²) in [7, 11) is 2.01. The molecular weight excluding hydrogens is 645 g/mol. The number of rotatable bonds is 10. The van der Waals surface area contributed by atoms with Crippen LogP contribution in [0.15, 0.2) is 90.3 Å². The maximum absolute atomic E-state index is 13.2. The van der Waals surface area contributed by atoms with Crippen LogP contribution in [0.5, 0.6) is 0 Å². The van der Waals surface area contributed by atoms with Crippen molar-refractivity contribution in [2.75, 3.05) is 5.75 Å². The first-order valence-corrected chi connectivity index (χ1v) is 19.2. The van der Waals surface area contributed by atoms with Crippen LogP contribution >= 0.6 is 11.8 Å². The lowest BCUT2D eigenvalue weighted by Gasteiger charge is -2.56. The minimum absolute atomic E-state index is 0.00689. The van der Waals surface area contributed by atoms with Gasteiger partial charge in [-0.1, -0.05) is 91.5 Å². The van der Waals surface area contributed by atoms with E-state index in [4.69, 9.17) is 9.47 Å². The Morgan fingerprint density at radius 3 is 2.28 bits per heavy atom. The fourth-order valence-corrected chi connectivity index (χ4v) is 10.6. The molecule has 5 fully saturated rings. The van der Waals surface area contributed by atoms with Gasteiger partial charge in [-0.3, -0.25) is 0 Å². The van der Waals surface area contributed by atoms with E-state index in [1.165, 1.54) is 19.3 Å². The van der Waals surface area contributed by atoms with Crippen LogP contribution in [0.25, 0.3) is 11.1 Å². The van der Waals surface area contributed by atoms with Crippen LogP contribution in [0.3, 0.4) is 0 Å². The summed E-state index contributed by atoms with van der Waals surface area (Å²) in [6.07, 6.45) is 10.5. The fourth-order valence-electron chi connectivity index (χ4n) is 9.46. The Bertz CT molecular complexity index is 1760. The first kappa shape index (κ1) is 33.5. The average Bonchev–Trinajstić information content (AvgIpc) is 3.54. The Balaban J connectivity index is 0.964. The van der Waals surface area contributed by atoms with Crippen LogP contribution < -0.4 is 10.6 Å². The van der Waals surface area contributed by atoms with Gasteiger partial charge in [-0.15, -0.1) is 0 Å². The number of hydrogen-bond donors (Lipinski definition) is 3. The zero-order chi connectivity index (χ0) is 34.2. The third kappa shape index (κ3) is 6.98. The smallest absolute Gasteiger partial charge is 0.315 e. The molecule has 4 bridgehead atoms. The standard InChI is InChI=1S/C41H48N4O4S/c1-26-36(25-50-40-42-15-16-45(40)2)48-38(49-37(26)32-9-7-27(24-46)8-10-32)33-13-11-31(12-14-33)35-6-4-3-5-34(35)23-43-39(47)44-41-20-28-17-29(21-41)19-30(18-28)22-41/h3-16,26,28-30,36-38,46H,17-25H2,1-2H3,(H2,43,44,47)/t26-,28?,29?,30?,36+,37+,38+,41?/m0/s1. The first-order valence-electron chi connectivity index (χ1n) is 18.2. The van der Waals surface area contributed by atoms with E-state index >= 15 is 0 Å². The number of amides is 2. The molecule has 50 heavy (non-hydrogen) atoms. The van der Waals surface area contributed by atoms with Gasteiger partial charge in [0.1, 0.15) is 0 Å². The number of carbonyl (C=O) groups excluding carboxylic acids is 1. The predicted octanol–water partition coefficient (Wildman–Crippen LogP) is 7.93. The Labute approximate surface area is 299 Å². The van der Waals surface area contributed by atoms with Gasteiger partial charge in [0.2, 0.25) is 0 Å². The number of carbonyl (C=O) groups is 1. The number of aliphatic hydroxyl groups is 1. The number of aromatic nitrogens is 2. The number of nitrogens with one attached hydrogen (secondary N) is 2. The maximum Gasteiger partial charge on any atom is 0.315 e. The molecule has 0 spiro atoms. The number of nitrogens with zero attached hydrogens (tertiary/aromatic N) is 2. The van der Waals surface area contributed by atoms with Crippen molar-refractivity contribution in [1.82, 2.24) is 20.2 Å². The second-order valence-corrected chi connectivity index (χ2v) is 16.2. The van der Waals surface area contributed by atoms with E-state index in [-0.39, 0.29) is 36.3 Å². The summed E-state index contributed by atoms with van der Waals surface area (Å²) in [4.78, 5) is 17.7. The largest absolute Gasteiger partial charge is 0.392 e. The number of aryl methyl sites for hydroxylation is 1. The van der Waals surface area contributed by atoms with Crippen molar-refractivity contribution in [3.05, 3.63) is 107 Å². The SMILES string of the molecule is C[C@H]1[C@@H](CSc2nccn2C)O[C@@H](c2ccc(-c3ccccc3CNC(=O)NC34CC5CC(CC(C5)C3)C4)cc2)O[C@H]1c1ccc(CO)cc1. The number of benzene rings is 3. The van der Waals surface area contributed by atoms with E-state index < -0.39 is 6.29 Å². The molecule has 3 aromatic carbocycles. The Hall–Kier alpha value is -3.63. The van der Waals surface area contributed by atoms with Crippen molar-refractivity contribution < 1.29 is 19.4 Å². The Kier molecular flexibility index (Phi) is 9.50. The lowest BCUT2D eigenvalue weighted by atomic mass is 9.53. The van der Waals surface area contributed by atoms with Crippen LogP contribution in [-0.2, 0) is 29.7 Å². The van der Waals surface area contributed by atoms with E-state index in [1.807, 2.05) is 48.3 Å². The van der Waals surface area contributed by atoms with Gasteiger partial charge in [0.05, 0.1) is 18.8 Å². The minimum atomic E-state index is -0.542. The normalized spacial score (nSPS) is 29.9. The van der Waals surface area contributed by atoms with E-state index in [2.05, 4.69) is 71.1 Å². The van der Waals surface area contributed by atoms with Crippen LogP contribution in [0, 0.1) is 23.7 Å². The molecule has 2 heterocycles. The summed E-state index contributed by atoms with van der Waals surface area (Å²) in [6.45, 7) is 2.66. The average molecular weight is 693 g/mol. The molecule has 4 atom stereocenters. The molecule has 1 aliphatic heterocycles. The summed E-state index contributed by atoms with van der Waals surface area (Å²) in [5.74, 6) is 3.21. The van der Waals surface area contributed by atoms with Crippen LogP contribution in [0.4, 0.5) is 4.79 Å². The molecule has 4 aromatic rings. The summed E-state index contributed by atoms with van der Waals surface area (Å²) in [5, 5.41) is 17.2. The van der Waals surface area contributed by atoms with Gasteiger partial charge >= 0.3 is 6.03 Å². The van der Waals surface area contributed by atoms with Gasteiger partial charge in [0.15, 0.2) is 11.4 Å². The highest BCUT2D eigenvalue weighted by Crippen LogP contribution is 2.55. The topological polar surface area (TPSA) is 97.6 Å². The first-order chi connectivity index (χ1) is 24.3. The van der Waals surface area contributed by atoms with Crippen LogP contribution in [0.1, 0.15) is 80.1 Å². The summed E-state index contributed by atoms with van der Waals surface area (Å²) >= 11 is 1.69. The number of hydrogen-bond acceptors (Lipinski definition) is 6. The van der Waals surface area contributed by atoms with Gasteiger partial charge < -0.3 is 29.8 Å². The monoisotopic (exact) mass is 692 g/mol. The third-order valence-corrected chi connectivity index (χ3v) is 12.8. The highest BCUT2D eigenvalue weighted by atomic mass is 32.2. The molecule has 9 heteroatoms. The highest BCUT2D eigenvalue weighted by molar-refractivity contribution is 7.99. The van der Waals surface area contributed by atoms with Crippen molar-refractivity contribution in [2.24, 2.45) is 30.7 Å². The molecule has 0 radical (unpaired) electrons. The number of ether oxygens (including phenoxy) is 2. The van der Waals surface area contributed by atoms with Crippen molar-refractivity contribution >= 4 is 17.8 Å². The van der Waals surface area contributed by atoms with Crippen molar-refractivity contribution in [3.8, 4) is 11.1 Å². The number of thioether (sulfide) groups is 1. The van der Waals surface area contributed by atoms with E-state index in [9.17, 15) is 9.90 Å². The van der Waals surface area contributed by atoms with Crippen LogP contribution in [-0.4, -0.2) is 38.1 Å². The quantitative estimate of drug-likeness (QED) is 0.146. The third-order valence-electron chi connectivity index (χ3n) is 11.6. The second kappa shape index (κ2) is 14.2. The zero-order valence-corrected chi connectivity index (χ0v) is 29.8. The number of aliphatic hydroxyl groups excluding tert-OH is 1. The number of imidazole rings is 1. The van der Waals surface area contributed by atoms with E-state index in [1.54, 1.807) is 11.8 Å². The molecule has 3 N–H and O–H groups in total. The molecule has 0 unspecified atom stereocenters. The molecule has 4 aliphatic carbocycles. The lowest BCUT2D eigenvalue weighted by Crippen LogP contribution is -2.61. The van der Waals surface area contributed by atoms with Crippen molar-refractivity contribution in [2.45, 2.75) is 87.8 Å². The molecule has 2 amide bonds. The molecule has 1 saturated heterocycles. The molecule has 5 aliphatic rings. The van der Waals surface area contributed by atoms with Crippen molar-refractivity contribution in [3.63, 3.8) is 0 Å².